The van der Waals surface area contributed by atoms with Gasteiger partial charge >= 0.3 is 0 Å². The fraction of sp³-hybridized carbons (Fsp3) is 0.417. The van der Waals surface area contributed by atoms with Crippen LogP contribution in [0.15, 0.2) is 12.1 Å². The molecule has 0 atom stereocenters. The zero-order valence-electron chi connectivity index (χ0n) is 10.1. The topological polar surface area (TPSA) is 73.6 Å². The van der Waals surface area contributed by atoms with Gasteiger partial charge in [0.25, 0.3) is 0 Å². The molecule has 1 heterocycles. The second-order valence-electron chi connectivity index (χ2n) is 4.18. The number of ether oxygens (including phenoxy) is 2. The lowest BCUT2D eigenvalue weighted by atomic mass is 10.2. The van der Waals surface area contributed by atoms with Crippen LogP contribution in [0.5, 0.6) is 0 Å². The number of amides is 1. The van der Waals surface area contributed by atoms with Gasteiger partial charge in [0.2, 0.25) is 5.91 Å². The smallest absolute Gasteiger partial charge is 0.226 e. The fourth-order valence-corrected chi connectivity index (χ4v) is 2.11. The molecule has 0 aliphatic carbocycles. The summed E-state index contributed by atoms with van der Waals surface area (Å²) < 4.78 is 10.4. The highest BCUT2D eigenvalue weighted by Crippen LogP contribution is 2.32. The Morgan fingerprint density at radius 1 is 1.47 bits per heavy atom. The third-order valence-electron chi connectivity index (χ3n) is 2.64. The lowest BCUT2D eigenvalue weighted by Crippen LogP contribution is -2.36. The lowest BCUT2D eigenvalue weighted by molar-refractivity contribution is -0.135. The van der Waals surface area contributed by atoms with Crippen molar-refractivity contribution in [1.82, 2.24) is 0 Å². The standard InChI is InChI=1S/C12H14Cl2N2O3/c13-7-3-9(14)12(10(15)4-7)16-11(17)1-2-19-8-5-18-6-8/h3-4,8H,1-2,5-6,15H2,(H,16,17). The number of nitrogens with one attached hydrogen (secondary N) is 1. The first-order valence-electron chi connectivity index (χ1n) is 5.80. The minimum absolute atomic E-state index is 0.108. The zero-order valence-corrected chi connectivity index (χ0v) is 11.6. The first-order valence-corrected chi connectivity index (χ1v) is 6.55. The number of nitrogen functional groups attached to an aromatic ring is 1. The van der Waals surface area contributed by atoms with Gasteiger partial charge in [-0.2, -0.15) is 0 Å². The number of carbonyl (C=O) groups is 1. The van der Waals surface area contributed by atoms with Crippen molar-refractivity contribution in [2.45, 2.75) is 12.5 Å². The van der Waals surface area contributed by atoms with Gasteiger partial charge in [-0.25, -0.2) is 0 Å². The number of benzene rings is 1. The Labute approximate surface area is 121 Å². The molecule has 1 aromatic carbocycles. The molecule has 2 rings (SSSR count). The van der Waals surface area contributed by atoms with E-state index in [0.717, 1.165) is 0 Å². The Kier molecular flexibility index (Phi) is 4.87. The molecule has 5 nitrogen and oxygen atoms in total. The molecule has 1 amide bonds. The molecule has 0 radical (unpaired) electrons. The van der Waals surface area contributed by atoms with E-state index in [1.807, 2.05) is 0 Å². The van der Waals surface area contributed by atoms with Crippen LogP contribution in [0, 0.1) is 0 Å². The fourth-order valence-electron chi connectivity index (χ4n) is 1.56. The van der Waals surface area contributed by atoms with E-state index in [-0.39, 0.29) is 18.4 Å². The van der Waals surface area contributed by atoms with Crippen molar-refractivity contribution in [3.05, 3.63) is 22.2 Å². The van der Waals surface area contributed by atoms with Crippen LogP contribution in [-0.4, -0.2) is 31.8 Å². The zero-order chi connectivity index (χ0) is 13.8. The second kappa shape index (κ2) is 6.43. The van der Waals surface area contributed by atoms with Crippen molar-refractivity contribution in [3.8, 4) is 0 Å². The van der Waals surface area contributed by atoms with E-state index in [1.165, 1.54) is 12.1 Å². The molecule has 1 aromatic rings. The van der Waals surface area contributed by atoms with E-state index in [1.54, 1.807) is 0 Å². The second-order valence-corrected chi connectivity index (χ2v) is 5.02. The molecule has 1 fully saturated rings. The number of hydrogen-bond acceptors (Lipinski definition) is 4. The van der Waals surface area contributed by atoms with Gasteiger partial charge in [-0.05, 0) is 12.1 Å². The number of nitrogens with two attached hydrogens (primary N) is 1. The maximum Gasteiger partial charge on any atom is 0.226 e. The van der Waals surface area contributed by atoms with Crippen LogP contribution in [0.1, 0.15) is 6.42 Å². The third kappa shape index (κ3) is 3.98. The molecule has 0 bridgehead atoms. The van der Waals surface area contributed by atoms with Crippen LogP contribution in [-0.2, 0) is 14.3 Å². The molecule has 1 saturated heterocycles. The Morgan fingerprint density at radius 2 is 2.21 bits per heavy atom. The van der Waals surface area contributed by atoms with Crippen LogP contribution < -0.4 is 11.1 Å². The monoisotopic (exact) mass is 304 g/mol. The molecule has 0 spiro atoms. The predicted octanol–water partition coefficient (Wildman–Crippen LogP) is 2.32. The van der Waals surface area contributed by atoms with E-state index in [4.69, 9.17) is 38.4 Å². The van der Waals surface area contributed by atoms with Crippen LogP contribution >= 0.6 is 23.2 Å². The highest BCUT2D eigenvalue weighted by atomic mass is 35.5. The summed E-state index contributed by atoms with van der Waals surface area (Å²) in [5, 5.41) is 3.39. The summed E-state index contributed by atoms with van der Waals surface area (Å²) in [5.41, 5.74) is 6.46. The maximum absolute atomic E-state index is 11.7. The van der Waals surface area contributed by atoms with E-state index in [9.17, 15) is 4.79 Å². The summed E-state index contributed by atoms with van der Waals surface area (Å²) in [6.07, 6.45) is 0.339. The van der Waals surface area contributed by atoms with Gasteiger partial charge in [0.1, 0.15) is 6.10 Å². The molecule has 1 aliphatic heterocycles. The third-order valence-corrected chi connectivity index (χ3v) is 3.16. The van der Waals surface area contributed by atoms with Crippen molar-refractivity contribution < 1.29 is 14.3 Å². The van der Waals surface area contributed by atoms with Crippen molar-refractivity contribution in [2.24, 2.45) is 0 Å². The Morgan fingerprint density at radius 3 is 2.79 bits per heavy atom. The van der Waals surface area contributed by atoms with E-state index >= 15 is 0 Å². The molecular formula is C12H14Cl2N2O3. The summed E-state index contributed by atoms with van der Waals surface area (Å²) >= 11 is 11.8. The molecule has 1 aliphatic rings. The molecule has 0 unspecified atom stereocenters. The van der Waals surface area contributed by atoms with Crippen molar-refractivity contribution in [2.75, 3.05) is 30.9 Å². The molecule has 7 heteroatoms. The van der Waals surface area contributed by atoms with Gasteiger partial charge in [-0.1, -0.05) is 23.2 Å². The molecule has 3 N–H and O–H groups in total. The van der Waals surface area contributed by atoms with Crippen LogP contribution in [0.25, 0.3) is 0 Å². The Balaban J connectivity index is 1.84. The highest BCUT2D eigenvalue weighted by Gasteiger charge is 2.19. The van der Waals surface area contributed by atoms with E-state index in [2.05, 4.69) is 5.32 Å². The van der Waals surface area contributed by atoms with Crippen molar-refractivity contribution in [3.63, 3.8) is 0 Å². The van der Waals surface area contributed by atoms with E-state index in [0.29, 0.717) is 41.2 Å². The average molecular weight is 305 g/mol. The Bertz CT molecular complexity index is 455. The summed E-state index contributed by atoms with van der Waals surface area (Å²) in [6.45, 7) is 1.53. The van der Waals surface area contributed by atoms with Crippen LogP contribution in [0.3, 0.4) is 0 Å². The molecule has 0 aromatic heterocycles. The molecular weight excluding hydrogens is 291 g/mol. The normalized spacial score (nSPS) is 15.1. The number of carbonyl (C=O) groups excluding carboxylic acids is 1. The predicted molar refractivity (Wildman–Crippen MR) is 74.7 cm³/mol. The molecule has 0 saturated carbocycles. The maximum atomic E-state index is 11.7. The van der Waals surface area contributed by atoms with Gasteiger partial charge in [0, 0.05) is 5.02 Å². The van der Waals surface area contributed by atoms with Crippen molar-refractivity contribution >= 4 is 40.5 Å². The highest BCUT2D eigenvalue weighted by molar-refractivity contribution is 6.37. The lowest BCUT2D eigenvalue weighted by Gasteiger charge is -2.25. The quantitative estimate of drug-likeness (QED) is 0.819. The number of rotatable bonds is 5. The minimum atomic E-state index is -0.212. The summed E-state index contributed by atoms with van der Waals surface area (Å²) in [4.78, 5) is 11.7. The number of halogens is 2. The number of hydrogen-bond donors (Lipinski definition) is 2. The van der Waals surface area contributed by atoms with Crippen molar-refractivity contribution in [1.29, 1.82) is 0 Å². The molecule has 104 valence electrons. The largest absolute Gasteiger partial charge is 0.397 e. The summed E-state index contributed by atoms with van der Waals surface area (Å²) in [7, 11) is 0. The molecule has 19 heavy (non-hydrogen) atoms. The van der Waals surface area contributed by atoms with Gasteiger partial charge in [0.15, 0.2) is 0 Å². The van der Waals surface area contributed by atoms with Crippen LogP contribution in [0.2, 0.25) is 10.0 Å². The summed E-state index contributed by atoms with van der Waals surface area (Å²) in [6, 6.07) is 3.06. The first kappa shape index (κ1) is 14.4. The van der Waals surface area contributed by atoms with Gasteiger partial charge in [-0.3, -0.25) is 4.79 Å². The summed E-state index contributed by atoms with van der Waals surface area (Å²) in [5.74, 6) is -0.212. The van der Waals surface area contributed by atoms with Gasteiger partial charge in [0.05, 0.1) is 42.6 Å². The van der Waals surface area contributed by atoms with Crippen LogP contribution in [0.4, 0.5) is 11.4 Å². The number of anilines is 2. The SMILES string of the molecule is Nc1cc(Cl)cc(Cl)c1NC(=O)CCOC1COC1. The Hall–Kier alpha value is -1.01. The van der Waals surface area contributed by atoms with Gasteiger partial charge < -0.3 is 20.5 Å². The van der Waals surface area contributed by atoms with Gasteiger partial charge in [-0.15, -0.1) is 0 Å². The first-order chi connectivity index (χ1) is 9.06. The minimum Gasteiger partial charge on any atom is -0.397 e. The van der Waals surface area contributed by atoms with E-state index < -0.39 is 0 Å². The average Bonchev–Trinajstić information content (AvgIpc) is 2.27.